The molecule has 1 amide bonds. The summed E-state index contributed by atoms with van der Waals surface area (Å²) in [4.78, 5) is 30.3. The summed E-state index contributed by atoms with van der Waals surface area (Å²) in [7, 11) is 0. The van der Waals surface area contributed by atoms with Crippen molar-refractivity contribution >= 4 is 17.7 Å². The maximum absolute atomic E-state index is 10.5. The zero-order valence-corrected chi connectivity index (χ0v) is 7.45. The minimum Gasteiger partial charge on any atom is -0.507 e. The molecule has 0 aliphatic heterocycles. The molecule has 0 heterocycles. The molecule has 0 aromatic heterocycles. The molecule has 6 nitrogen and oxygen atoms in total. The van der Waals surface area contributed by atoms with Gasteiger partial charge in [0.25, 0.3) is 0 Å². The van der Waals surface area contributed by atoms with Gasteiger partial charge in [-0.3, -0.25) is 4.79 Å². The van der Waals surface area contributed by atoms with Crippen LogP contribution in [0.15, 0.2) is 34.6 Å². The van der Waals surface area contributed by atoms with Crippen LogP contribution in [0.4, 0.5) is 5.69 Å². The minimum absolute atomic E-state index is 0.0736. The van der Waals surface area contributed by atoms with E-state index in [4.69, 9.17) is 0 Å². The maximum atomic E-state index is 10.5. The van der Waals surface area contributed by atoms with Crippen molar-refractivity contribution in [3.63, 3.8) is 0 Å². The summed E-state index contributed by atoms with van der Waals surface area (Å²) in [5, 5.41) is 14.1. The van der Waals surface area contributed by atoms with Crippen LogP contribution in [-0.2, 0) is 4.79 Å². The zero-order valence-electron chi connectivity index (χ0n) is 7.45. The molecule has 1 aromatic carbocycles. The summed E-state index contributed by atoms with van der Waals surface area (Å²) in [5.41, 5.74) is 0.365. The van der Waals surface area contributed by atoms with E-state index in [0.29, 0.717) is 5.56 Å². The van der Waals surface area contributed by atoms with Crippen LogP contribution in [0.2, 0.25) is 0 Å². The second kappa shape index (κ2) is 4.75. The molecule has 0 saturated carbocycles. The third-order valence-corrected chi connectivity index (χ3v) is 1.61. The normalized spacial score (nSPS) is 10.1. The van der Waals surface area contributed by atoms with Gasteiger partial charge in [0.2, 0.25) is 0 Å². The van der Waals surface area contributed by atoms with E-state index in [1.54, 1.807) is 0 Å². The highest BCUT2D eigenvalue weighted by Gasteiger charge is 2.00. The molecule has 0 bridgehead atoms. The van der Waals surface area contributed by atoms with Crippen LogP contribution in [0.1, 0.15) is 5.56 Å². The molecular weight excluding hydrogens is 200 g/mol. The van der Waals surface area contributed by atoms with Crippen LogP contribution in [0.25, 0.3) is 6.08 Å². The van der Waals surface area contributed by atoms with Crippen molar-refractivity contribution in [2.24, 2.45) is 10.4 Å². The Balaban J connectivity index is 2.96. The van der Waals surface area contributed by atoms with Crippen molar-refractivity contribution in [2.75, 3.05) is 0 Å². The van der Waals surface area contributed by atoms with Gasteiger partial charge in [0, 0.05) is 22.9 Å². The fourth-order valence-corrected chi connectivity index (χ4v) is 0.921. The smallest absolute Gasteiger partial charge is 0.309 e. The highest BCUT2D eigenvalue weighted by molar-refractivity contribution is 5.92. The predicted molar refractivity (Wildman–Crippen MR) is 53.4 cm³/mol. The average molecular weight is 206 g/mol. The standard InChI is InChI=1S/C9H6N2O4/c12-8-5-7(10-14)3-1-6(8)2-4-9(13)11-15/h1-5,12H/b4-2+. The molecular formula is C9H6N2O4. The summed E-state index contributed by atoms with van der Waals surface area (Å²) in [5.74, 6) is -1.16. The van der Waals surface area contributed by atoms with Crippen molar-refractivity contribution < 1.29 is 9.90 Å². The number of hydrogen-bond acceptors (Lipinski definition) is 5. The Morgan fingerprint density at radius 1 is 1.33 bits per heavy atom. The number of benzene rings is 1. The highest BCUT2D eigenvalue weighted by atomic mass is 16.3. The number of hydrogen-bond donors (Lipinski definition) is 1. The topological polar surface area (TPSA) is 96.2 Å². The molecule has 0 atom stereocenters. The molecule has 0 radical (unpaired) electrons. The molecule has 0 unspecified atom stereocenters. The molecule has 76 valence electrons. The molecule has 1 N–H and O–H groups in total. The van der Waals surface area contributed by atoms with Crippen molar-refractivity contribution in [3.05, 3.63) is 39.7 Å². The van der Waals surface area contributed by atoms with E-state index in [1.165, 1.54) is 18.2 Å². The Morgan fingerprint density at radius 3 is 2.60 bits per heavy atom. The number of amides is 1. The van der Waals surface area contributed by atoms with Crippen LogP contribution in [-0.4, -0.2) is 11.0 Å². The quantitative estimate of drug-likeness (QED) is 0.604. The van der Waals surface area contributed by atoms with Gasteiger partial charge < -0.3 is 5.11 Å². The molecule has 6 heteroatoms. The van der Waals surface area contributed by atoms with Gasteiger partial charge in [-0.25, -0.2) is 0 Å². The zero-order chi connectivity index (χ0) is 11.3. The largest absolute Gasteiger partial charge is 0.507 e. The molecule has 0 aliphatic carbocycles. The lowest BCUT2D eigenvalue weighted by molar-refractivity contribution is -0.113. The van der Waals surface area contributed by atoms with Gasteiger partial charge in [0.15, 0.2) is 0 Å². The van der Waals surface area contributed by atoms with E-state index in [9.17, 15) is 19.7 Å². The lowest BCUT2D eigenvalue weighted by atomic mass is 10.1. The molecule has 1 rings (SSSR count). The molecule has 1 aromatic rings. The number of aromatic hydroxyl groups is 1. The summed E-state index contributed by atoms with van der Waals surface area (Å²) >= 11 is 0. The molecule has 0 aliphatic rings. The fourth-order valence-electron chi connectivity index (χ4n) is 0.921. The van der Waals surface area contributed by atoms with Crippen molar-refractivity contribution in [1.29, 1.82) is 0 Å². The lowest BCUT2D eigenvalue weighted by Crippen LogP contribution is -1.82. The minimum atomic E-state index is -0.952. The number of carbonyl (C=O) groups excluding carboxylic acids is 1. The maximum Gasteiger partial charge on any atom is 0.309 e. The van der Waals surface area contributed by atoms with Crippen molar-refractivity contribution in [1.82, 2.24) is 0 Å². The van der Waals surface area contributed by atoms with Gasteiger partial charge >= 0.3 is 5.91 Å². The monoisotopic (exact) mass is 206 g/mol. The first-order valence-corrected chi connectivity index (χ1v) is 3.89. The third kappa shape index (κ3) is 2.80. The Hall–Kier alpha value is -2.37. The van der Waals surface area contributed by atoms with Crippen molar-refractivity contribution in [2.45, 2.75) is 0 Å². The SMILES string of the molecule is O=NC(=O)/C=C/c1ccc(N=O)cc1O. The third-order valence-electron chi connectivity index (χ3n) is 1.61. The summed E-state index contributed by atoms with van der Waals surface area (Å²) in [6.07, 6.45) is 2.13. The van der Waals surface area contributed by atoms with Crippen LogP contribution < -0.4 is 0 Å². The molecule has 0 spiro atoms. The summed E-state index contributed by atoms with van der Waals surface area (Å²) in [6.45, 7) is 0. The lowest BCUT2D eigenvalue weighted by Gasteiger charge is -1.97. The summed E-state index contributed by atoms with van der Waals surface area (Å²) in [6, 6.07) is 3.90. The van der Waals surface area contributed by atoms with E-state index >= 15 is 0 Å². The van der Waals surface area contributed by atoms with E-state index in [-0.39, 0.29) is 11.4 Å². The number of nitroso groups, excluding NO2 is 2. The number of phenols is 1. The van der Waals surface area contributed by atoms with Gasteiger partial charge in [-0.15, -0.1) is 9.81 Å². The van der Waals surface area contributed by atoms with E-state index in [2.05, 4.69) is 10.4 Å². The predicted octanol–water partition coefficient (Wildman–Crippen LogP) is 2.10. The van der Waals surface area contributed by atoms with Crippen LogP contribution in [0, 0.1) is 9.81 Å². The molecule has 0 fully saturated rings. The van der Waals surface area contributed by atoms with Gasteiger partial charge in [-0.2, -0.15) is 0 Å². The molecule has 15 heavy (non-hydrogen) atoms. The van der Waals surface area contributed by atoms with Crippen LogP contribution in [0.3, 0.4) is 0 Å². The number of carbonyl (C=O) groups is 1. The van der Waals surface area contributed by atoms with Gasteiger partial charge in [0.05, 0.1) is 0 Å². The number of phenolic OH excluding ortho intramolecular Hbond substituents is 1. The Morgan fingerprint density at radius 2 is 2.07 bits per heavy atom. The van der Waals surface area contributed by atoms with E-state index in [1.807, 2.05) is 0 Å². The van der Waals surface area contributed by atoms with Crippen molar-refractivity contribution in [3.8, 4) is 5.75 Å². The first kappa shape index (κ1) is 10.7. The average Bonchev–Trinajstić information content (AvgIpc) is 2.26. The summed E-state index contributed by atoms with van der Waals surface area (Å²) < 4.78 is 0. The second-order valence-electron chi connectivity index (χ2n) is 2.60. The van der Waals surface area contributed by atoms with E-state index in [0.717, 1.165) is 12.1 Å². The first-order chi connectivity index (χ1) is 7.17. The van der Waals surface area contributed by atoms with Gasteiger partial charge in [-0.05, 0) is 23.4 Å². The Kier molecular flexibility index (Phi) is 3.39. The Bertz CT molecular complexity index is 440. The number of nitrogens with zero attached hydrogens (tertiary/aromatic N) is 2. The van der Waals surface area contributed by atoms with Gasteiger partial charge in [0.1, 0.15) is 11.4 Å². The fraction of sp³-hybridized carbons (Fsp3) is 0. The highest BCUT2D eigenvalue weighted by Crippen LogP contribution is 2.24. The van der Waals surface area contributed by atoms with Gasteiger partial charge in [-0.1, -0.05) is 0 Å². The van der Waals surface area contributed by atoms with E-state index < -0.39 is 5.91 Å². The number of rotatable bonds is 3. The molecule has 0 saturated heterocycles. The second-order valence-corrected chi connectivity index (χ2v) is 2.60. The first-order valence-electron chi connectivity index (χ1n) is 3.89. The Labute approximate surface area is 84.2 Å². The van der Waals surface area contributed by atoms with Crippen LogP contribution >= 0.6 is 0 Å². The van der Waals surface area contributed by atoms with Crippen LogP contribution in [0.5, 0.6) is 5.75 Å².